The second-order valence-corrected chi connectivity index (χ2v) is 7.06. The summed E-state index contributed by atoms with van der Waals surface area (Å²) >= 11 is 0. The minimum atomic E-state index is 0.351. The summed E-state index contributed by atoms with van der Waals surface area (Å²) in [5.41, 5.74) is 0.351. The van der Waals surface area contributed by atoms with Crippen LogP contribution in [-0.2, 0) is 6.42 Å². The van der Waals surface area contributed by atoms with E-state index in [2.05, 4.69) is 57.5 Å². The highest BCUT2D eigenvalue weighted by molar-refractivity contribution is 5.39. The van der Waals surface area contributed by atoms with Gasteiger partial charge in [-0.25, -0.2) is 9.97 Å². The molecule has 21 heavy (non-hydrogen) atoms. The third kappa shape index (κ3) is 6.03. The first-order chi connectivity index (χ1) is 9.91. The van der Waals surface area contributed by atoms with Crippen LogP contribution in [0.4, 0.5) is 5.82 Å². The van der Waals surface area contributed by atoms with E-state index in [1.54, 1.807) is 0 Å². The van der Waals surface area contributed by atoms with Crippen molar-refractivity contribution in [3.63, 3.8) is 0 Å². The summed E-state index contributed by atoms with van der Waals surface area (Å²) in [5, 5.41) is 0. The minimum absolute atomic E-state index is 0.351. The van der Waals surface area contributed by atoms with Gasteiger partial charge in [0.15, 0.2) is 0 Å². The molecule has 3 heteroatoms. The van der Waals surface area contributed by atoms with Crippen LogP contribution < -0.4 is 4.90 Å². The maximum atomic E-state index is 4.80. The van der Waals surface area contributed by atoms with Gasteiger partial charge >= 0.3 is 0 Å². The Labute approximate surface area is 131 Å². The van der Waals surface area contributed by atoms with Gasteiger partial charge in [0, 0.05) is 25.2 Å². The first-order valence-electron chi connectivity index (χ1n) is 8.49. The van der Waals surface area contributed by atoms with Crippen molar-refractivity contribution in [1.29, 1.82) is 0 Å². The smallest absolute Gasteiger partial charge is 0.132 e. The molecule has 0 saturated carbocycles. The van der Waals surface area contributed by atoms with E-state index in [4.69, 9.17) is 4.98 Å². The van der Waals surface area contributed by atoms with Crippen molar-refractivity contribution in [2.75, 3.05) is 11.4 Å². The predicted octanol–water partition coefficient (Wildman–Crippen LogP) is 4.86. The van der Waals surface area contributed by atoms with Crippen molar-refractivity contribution in [3.05, 3.63) is 18.1 Å². The van der Waals surface area contributed by atoms with Crippen molar-refractivity contribution < 1.29 is 0 Å². The summed E-state index contributed by atoms with van der Waals surface area (Å²) in [7, 11) is 0. The number of rotatable bonds is 8. The van der Waals surface area contributed by atoms with Gasteiger partial charge in [0.1, 0.15) is 11.6 Å². The van der Waals surface area contributed by atoms with E-state index in [1.165, 1.54) is 6.42 Å². The standard InChI is InChI=1S/C18H33N3/c1-7-10-16-19-13-11-17(20-16)21(15(8-2)9-3)14-12-18(4,5)6/h11,13,15H,7-10,12,14H2,1-6H3. The molecule has 0 aliphatic carbocycles. The summed E-state index contributed by atoms with van der Waals surface area (Å²) in [5.74, 6) is 2.08. The van der Waals surface area contributed by atoms with Crippen LogP contribution >= 0.6 is 0 Å². The second-order valence-electron chi connectivity index (χ2n) is 7.06. The molecule has 1 aromatic rings. The summed E-state index contributed by atoms with van der Waals surface area (Å²) in [4.78, 5) is 11.7. The Morgan fingerprint density at radius 1 is 1.14 bits per heavy atom. The molecule has 0 radical (unpaired) electrons. The molecular formula is C18H33N3. The van der Waals surface area contributed by atoms with E-state index in [0.717, 1.165) is 43.9 Å². The van der Waals surface area contributed by atoms with Crippen LogP contribution in [0.1, 0.15) is 73.1 Å². The van der Waals surface area contributed by atoms with Gasteiger partial charge in [0.05, 0.1) is 0 Å². The Balaban J connectivity index is 2.96. The Kier molecular flexibility index (Phi) is 7.13. The highest BCUT2D eigenvalue weighted by Gasteiger charge is 2.20. The molecule has 0 spiro atoms. The molecule has 0 saturated heterocycles. The normalized spacial score (nSPS) is 12.0. The van der Waals surface area contributed by atoms with Crippen LogP contribution in [0, 0.1) is 5.41 Å². The number of anilines is 1. The van der Waals surface area contributed by atoms with Crippen molar-refractivity contribution in [1.82, 2.24) is 9.97 Å². The molecule has 3 nitrogen and oxygen atoms in total. The zero-order valence-electron chi connectivity index (χ0n) is 14.8. The summed E-state index contributed by atoms with van der Waals surface area (Å²) in [6, 6.07) is 2.64. The molecule has 0 aromatic carbocycles. The molecule has 0 fully saturated rings. The lowest BCUT2D eigenvalue weighted by Crippen LogP contribution is -2.37. The third-order valence-electron chi connectivity index (χ3n) is 3.94. The molecule has 0 unspecified atom stereocenters. The molecule has 0 N–H and O–H groups in total. The van der Waals surface area contributed by atoms with Gasteiger partial charge in [0.2, 0.25) is 0 Å². The molecule has 0 bridgehead atoms. The summed E-state index contributed by atoms with van der Waals surface area (Å²) < 4.78 is 0. The van der Waals surface area contributed by atoms with E-state index < -0.39 is 0 Å². The number of hydrogen-bond donors (Lipinski definition) is 0. The van der Waals surface area contributed by atoms with Gasteiger partial charge in [-0.15, -0.1) is 0 Å². The monoisotopic (exact) mass is 291 g/mol. The Hall–Kier alpha value is -1.12. The summed E-state index contributed by atoms with van der Waals surface area (Å²) in [6.07, 6.45) is 7.47. The zero-order valence-corrected chi connectivity index (χ0v) is 14.8. The van der Waals surface area contributed by atoms with Gasteiger partial charge in [-0.2, -0.15) is 0 Å². The maximum Gasteiger partial charge on any atom is 0.132 e. The largest absolute Gasteiger partial charge is 0.354 e. The number of aryl methyl sites for hydroxylation is 1. The highest BCUT2D eigenvalue weighted by atomic mass is 15.2. The molecule has 0 atom stereocenters. The fraction of sp³-hybridized carbons (Fsp3) is 0.778. The van der Waals surface area contributed by atoms with E-state index in [9.17, 15) is 0 Å². The van der Waals surface area contributed by atoms with Gasteiger partial charge in [-0.05, 0) is 37.2 Å². The SMILES string of the molecule is CCCc1nccc(N(CCC(C)(C)C)C(CC)CC)n1. The van der Waals surface area contributed by atoms with E-state index in [0.29, 0.717) is 11.5 Å². The predicted molar refractivity (Wildman–Crippen MR) is 91.8 cm³/mol. The topological polar surface area (TPSA) is 29.0 Å². The molecular weight excluding hydrogens is 258 g/mol. The first kappa shape index (κ1) is 17.9. The van der Waals surface area contributed by atoms with Crippen LogP contribution in [0.5, 0.6) is 0 Å². The fourth-order valence-corrected chi connectivity index (χ4v) is 2.56. The van der Waals surface area contributed by atoms with Crippen molar-refractivity contribution >= 4 is 5.82 Å². The van der Waals surface area contributed by atoms with Gasteiger partial charge in [-0.1, -0.05) is 41.5 Å². The molecule has 120 valence electrons. The zero-order chi connectivity index (χ0) is 15.9. The first-order valence-corrected chi connectivity index (χ1v) is 8.49. The number of aromatic nitrogens is 2. The van der Waals surface area contributed by atoms with Crippen LogP contribution in [0.15, 0.2) is 12.3 Å². The lowest BCUT2D eigenvalue weighted by atomic mass is 9.91. The van der Waals surface area contributed by atoms with Gasteiger partial charge in [0.25, 0.3) is 0 Å². The van der Waals surface area contributed by atoms with Crippen molar-refractivity contribution in [2.24, 2.45) is 5.41 Å². The average Bonchev–Trinajstić information content (AvgIpc) is 2.43. The van der Waals surface area contributed by atoms with Crippen molar-refractivity contribution in [2.45, 2.75) is 79.7 Å². The molecule has 1 heterocycles. The third-order valence-corrected chi connectivity index (χ3v) is 3.94. The lowest BCUT2D eigenvalue weighted by molar-refractivity contribution is 0.368. The van der Waals surface area contributed by atoms with E-state index in [1.807, 2.05) is 6.20 Å². The number of hydrogen-bond acceptors (Lipinski definition) is 3. The maximum absolute atomic E-state index is 4.80. The number of nitrogens with zero attached hydrogens (tertiary/aromatic N) is 3. The van der Waals surface area contributed by atoms with Crippen LogP contribution in [0.3, 0.4) is 0 Å². The van der Waals surface area contributed by atoms with E-state index >= 15 is 0 Å². The Bertz CT molecular complexity index is 405. The minimum Gasteiger partial charge on any atom is -0.354 e. The lowest BCUT2D eigenvalue weighted by Gasteiger charge is -2.34. The molecule has 0 amide bonds. The Morgan fingerprint density at radius 2 is 1.81 bits per heavy atom. The molecule has 0 aliphatic heterocycles. The molecule has 0 aliphatic rings. The van der Waals surface area contributed by atoms with E-state index in [-0.39, 0.29) is 0 Å². The van der Waals surface area contributed by atoms with Gasteiger partial charge < -0.3 is 4.90 Å². The second kappa shape index (κ2) is 8.35. The Morgan fingerprint density at radius 3 is 2.33 bits per heavy atom. The summed E-state index contributed by atoms with van der Waals surface area (Å²) in [6.45, 7) is 14.7. The highest BCUT2D eigenvalue weighted by Crippen LogP contribution is 2.24. The fourth-order valence-electron chi connectivity index (χ4n) is 2.56. The van der Waals surface area contributed by atoms with Crippen LogP contribution in [-0.4, -0.2) is 22.6 Å². The quantitative estimate of drug-likeness (QED) is 0.685. The van der Waals surface area contributed by atoms with Gasteiger partial charge in [-0.3, -0.25) is 0 Å². The van der Waals surface area contributed by atoms with Crippen molar-refractivity contribution in [3.8, 4) is 0 Å². The molecule has 1 aromatic heterocycles. The van der Waals surface area contributed by atoms with Crippen LogP contribution in [0.25, 0.3) is 0 Å². The molecule has 1 rings (SSSR count). The average molecular weight is 291 g/mol. The van der Waals surface area contributed by atoms with Crippen LogP contribution in [0.2, 0.25) is 0 Å².